The highest BCUT2D eigenvalue weighted by Crippen LogP contribution is 2.28. The van der Waals surface area contributed by atoms with Crippen LogP contribution < -0.4 is 15.2 Å². The van der Waals surface area contributed by atoms with Gasteiger partial charge in [-0.1, -0.05) is 6.07 Å². The van der Waals surface area contributed by atoms with Crippen molar-refractivity contribution >= 4 is 11.3 Å². The van der Waals surface area contributed by atoms with E-state index in [0.717, 1.165) is 23.5 Å². The molecule has 0 amide bonds. The van der Waals surface area contributed by atoms with Gasteiger partial charge in [0, 0.05) is 13.0 Å². The lowest BCUT2D eigenvalue weighted by atomic mass is 10.2. The van der Waals surface area contributed by atoms with E-state index < -0.39 is 0 Å². The molecule has 0 radical (unpaired) electrons. The lowest BCUT2D eigenvalue weighted by Gasteiger charge is -2.12. The average Bonchev–Trinajstić information content (AvgIpc) is 2.94. The standard InChI is InChI=1S/C15H19NO2S/c1-2-17-15-9-13(10-16)3-4-14(15)18-7-5-12-6-8-19-11-12/h3-4,6,8-9,11H,2,5,7,10,16H2,1H3. The van der Waals surface area contributed by atoms with Gasteiger partial charge in [0.05, 0.1) is 13.2 Å². The summed E-state index contributed by atoms with van der Waals surface area (Å²) >= 11 is 1.71. The number of ether oxygens (including phenoxy) is 2. The average molecular weight is 277 g/mol. The van der Waals surface area contributed by atoms with Gasteiger partial charge in [-0.05, 0) is 47.0 Å². The van der Waals surface area contributed by atoms with Gasteiger partial charge in [-0.2, -0.15) is 11.3 Å². The molecule has 2 aromatic rings. The summed E-state index contributed by atoms with van der Waals surface area (Å²) in [5.74, 6) is 1.56. The molecule has 4 heteroatoms. The van der Waals surface area contributed by atoms with Crippen LogP contribution in [0, 0.1) is 0 Å². The summed E-state index contributed by atoms with van der Waals surface area (Å²) in [6.45, 7) is 3.74. The maximum absolute atomic E-state index is 5.80. The van der Waals surface area contributed by atoms with Crippen molar-refractivity contribution in [2.24, 2.45) is 5.73 Å². The number of benzene rings is 1. The highest BCUT2D eigenvalue weighted by molar-refractivity contribution is 7.07. The Morgan fingerprint density at radius 3 is 2.68 bits per heavy atom. The van der Waals surface area contributed by atoms with Crippen LogP contribution in [0.25, 0.3) is 0 Å². The normalized spacial score (nSPS) is 10.4. The van der Waals surface area contributed by atoms with Crippen LogP contribution in [0.5, 0.6) is 11.5 Å². The van der Waals surface area contributed by atoms with Gasteiger partial charge < -0.3 is 15.2 Å². The Balaban J connectivity index is 1.98. The first-order valence-electron chi connectivity index (χ1n) is 6.43. The van der Waals surface area contributed by atoms with E-state index in [1.54, 1.807) is 11.3 Å². The van der Waals surface area contributed by atoms with Crippen molar-refractivity contribution in [3.63, 3.8) is 0 Å². The number of hydrogen-bond donors (Lipinski definition) is 1. The fraction of sp³-hybridized carbons (Fsp3) is 0.333. The monoisotopic (exact) mass is 277 g/mol. The zero-order chi connectivity index (χ0) is 13.5. The van der Waals surface area contributed by atoms with E-state index in [1.807, 2.05) is 25.1 Å². The van der Waals surface area contributed by atoms with Crippen molar-refractivity contribution < 1.29 is 9.47 Å². The Labute approximate surface area is 118 Å². The molecular formula is C15H19NO2S. The first-order valence-corrected chi connectivity index (χ1v) is 7.37. The quantitative estimate of drug-likeness (QED) is 0.845. The lowest BCUT2D eigenvalue weighted by molar-refractivity contribution is 0.279. The molecule has 1 aromatic heterocycles. The molecule has 0 aliphatic heterocycles. The Hall–Kier alpha value is -1.52. The molecule has 0 fully saturated rings. The van der Waals surface area contributed by atoms with E-state index in [2.05, 4.69) is 16.8 Å². The molecule has 0 aliphatic carbocycles. The van der Waals surface area contributed by atoms with Crippen LogP contribution in [-0.4, -0.2) is 13.2 Å². The van der Waals surface area contributed by atoms with Crippen LogP contribution in [0.1, 0.15) is 18.1 Å². The molecule has 0 spiro atoms. The van der Waals surface area contributed by atoms with E-state index in [4.69, 9.17) is 15.2 Å². The van der Waals surface area contributed by atoms with Crippen molar-refractivity contribution in [3.8, 4) is 11.5 Å². The largest absolute Gasteiger partial charge is 0.490 e. The third-order valence-corrected chi connectivity index (χ3v) is 3.50. The maximum Gasteiger partial charge on any atom is 0.161 e. The van der Waals surface area contributed by atoms with Crippen molar-refractivity contribution in [1.82, 2.24) is 0 Å². The predicted octanol–water partition coefficient (Wildman–Crippen LogP) is 3.23. The lowest BCUT2D eigenvalue weighted by Crippen LogP contribution is -2.04. The number of rotatable bonds is 7. The van der Waals surface area contributed by atoms with Gasteiger partial charge in [0.2, 0.25) is 0 Å². The maximum atomic E-state index is 5.80. The Kier molecular flexibility index (Phi) is 5.24. The molecule has 0 bridgehead atoms. The molecule has 2 rings (SSSR count). The summed E-state index contributed by atoms with van der Waals surface area (Å²) in [7, 11) is 0. The third-order valence-electron chi connectivity index (χ3n) is 2.77. The summed E-state index contributed by atoms with van der Waals surface area (Å²) in [5, 5.41) is 4.22. The van der Waals surface area contributed by atoms with Crippen LogP contribution in [-0.2, 0) is 13.0 Å². The molecule has 1 heterocycles. The first kappa shape index (κ1) is 13.9. The van der Waals surface area contributed by atoms with Crippen molar-refractivity contribution in [2.75, 3.05) is 13.2 Å². The van der Waals surface area contributed by atoms with Gasteiger partial charge >= 0.3 is 0 Å². The molecule has 0 unspecified atom stereocenters. The second kappa shape index (κ2) is 7.16. The van der Waals surface area contributed by atoms with E-state index in [1.165, 1.54) is 5.56 Å². The van der Waals surface area contributed by atoms with Crippen LogP contribution >= 0.6 is 11.3 Å². The summed E-state index contributed by atoms with van der Waals surface area (Å²) in [4.78, 5) is 0. The summed E-state index contributed by atoms with van der Waals surface area (Å²) in [5.41, 5.74) is 7.99. The second-order valence-corrected chi connectivity index (χ2v) is 4.93. The molecule has 1 aromatic carbocycles. The molecule has 0 aliphatic rings. The van der Waals surface area contributed by atoms with Crippen molar-refractivity contribution in [3.05, 3.63) is 46.2 Å². The summed E-state index contributed by atoms with van der Waals surface area (Å²) in [6, 6.07) is 7.97. The second-order valence-electron chi connectivity index (χ2n) is 4.15. The van der Waals surface area contributed by atoms with Crippen LogP contribution in [0.3, 0.4) is 0 Å². The van der Waals surface area contributed by atoms with E-state index in [0.29, 0.717) is 19.8 Å². The van der Waals surface area contributed by atoms with Crippen LogP contribution in [0.15, 0.2) is 35.0 Å². The minimum absolute atomic E-state index is 0.509. The topological polar surface area (TPSA) is 44.5 Å². The van der Waals surface area contributed by atoms with Gasteiger partial charge in [0.15, 0.2) is 11.5 Å². The number of thiophene rings is 1. The SMILES string of the molecule is CCOc1cc(CN)ccc1OCCc1ccsc1. The predicted molar refractivity (Wildman–Crippen MR) is 79.0 cm³/mol. The Bertz CT molecular complexity index is 497. The van der Waals surface area contributed by atoms with Gasteiger partial charge in [0.1, 0.15) is 0 Å². The Morgan fingerprint density at radius 1 is 1.11 bits per heavy atom. The van der Waals surface area contributed by atoms with Gasteiger partial charge in [-0.3, -0.25) is 0 Å². The Morgan fingerprint density at radius 2 is 2.00 bits per heavy atom. The fourth-order valence-corrected chi connectivity index (χ4v) is 2.48. The number of nitrogens with two attached hydrogens (primary N) is 1. The highest BCUT2D eigenvalue weighted by atomic mass is 32.1. The highest BCUT2D eigenvalue weighted by Gasteiger charge is 2.06. The van der Waals surface area contributed by atoms with Crippen LogP contribution in [0.4, 0.5) is 0 Å². The number of hydrogen-bond acceptors (Lipinski definition) is 4. The van der Waals surface area contributed by atoms with E-state index in [-0.39, 0.29) is 0 Å². The van der Waals surface area contributed by atoms with E-state index >= 15 is 0 Å². The molecule has 0 atom stereocenters. The molecule has 19 heavy (non-hydrogen) atoms. The first-order chi connectivity index (χ1) is 9.33. The van der Waals surface area contributed by atoms with Crippen LogP contribution in [0.2, 0.25) is 0 Å². The minimum atomic E-state index is 0.509. The van der Waals surface area contributed by atoms with Gasteiger partial charge in [0.25, 0.3) is 0 Å². The summed E-state index contributed by atoms with van der Waals surface area (Å²) < 4.78 is 11.4. The molecular weight excluding hydrogens is 258 g/mol. The third kappa shape index (κ3) is 3.98. The molecule has 2 N–H and O–H groups in total. The van der Waals surface area contributed by atoms with E-state index in [9.17, 15) is 0 Å². The molecule has 0 saturated heterocycles. The zero-order valence-electron chi connectivity index (χ0n) is 11.1. The molecule has 102 valence electrons. The van der Waals surface area contributed by atoms with Gasteiger partial charge in [-0.25, -0.2) is 0 Å². The summed E-state index contributed by atoms with van der Waals surface area (Å²) in [6.07, 6.45) is 0.910. The minimum Gasteiger partial charge on any atom is -0.490 e. The zero-order valence-corrected chi connectivity index (χ0v) is 11.9. The van der Waals surface area contributed by atoms with Crippen molar-refractivity contribution in [2.45, 2.75) is 19.9 Å². The molecule has 0 saturated carbocycles. The van der Waals surface area contributed by atoms with Gasteiger partial charge in [-0.15, -0.1) is 0 Å². The molecule has 3 nitrogen and oxygen atoms in total. The smallest absolute Gasteiger partial charge is 0.161 e. The fourth-order valence-electron chi connectivity index (χ4n) is 1.78. The van der Waals surface area contributed by atoms with Crippen molar-refractivity contribution in [1.29, 1.82) is 0 Å².